The van der Waals surface area contributed by atoms with Crippen LogP contribution in [0.25, 0.3) is 0 Å². The van der Waals surface area contributed by atoms with E-state index >= 15 is 0 Å². The molecule has 0 spiro atoms. The molecule has 1 aliphatic rings. The van der Waals surface area contributed by atoms with Crippen LogP contribution in [0.5, 0.6) is 0 Å². The van der Waals surface area contributed by atoms with Crippen molar-refractivity contribution in [3.05, 3.63) is 24.3 Å². The van der Waals surface area contributed by atoms with E-state index in [-0.39, 0.29) is 43.0 Å². The lowest BCUT2D eigenvalue weighted by Crippen LogP contribution is -2.17. The van der Waals surface area contributed by atoms with Gasteiger partial charge in [0.05, 0.1) is 12.5 Å². The molecule has 5 nitrogen and oxygen atoms in total. The maximum atomic E-state index is 12.3. The Morgan fingerprint density at radius 3 is 2.65 bits per heavy atom. The van der Waals surface area contributed by atoms with E-state index in [4.69, 9.17) is 5.11 Å². The van der Waals surface area contributed by atoms with E-state index in [2.05, 4.69) is 19.1 Å². The zero-order valence-corrected chi connectivity index (χ0v) is 15.8. The fourth-order valence-electron chi connectivity index (χ4n) is 3.58. The second-order valence-corrected chi connectivity index (χ2v) is 7.27. The highest BCUT2D eigenvalue weighted by atomic mass is 16.4. The van der Waals surface area contributed by atoms with Gasteiger partial charge in [0.1, 0.15) is 5.78 Å². The number of carbonyl (C=O) groups is 2. The number of unbranched alkanes of at least 4 members (excludes halogenated alkanes) is 4. The molecule has 0 aromatic carbocycles. The minimum absolute atomic E-state index is 0.00890. The summed E-state index contributed by atoms with van der Waals surface area (Å²) in [6.07, 6.45) is 13.8. The van der Waals surface area contributed by atoms with Gasteiger partial charge in [0.2, 0.25) is 0 Å². The first-order valence-corrected chi connectivity index (χ1v) is 9.84. The smallest absolute Gasteiger partial charge is 0.305 e. The van der Waals surface area contributed by atoms with Crippen LogP contribution in [0.3, 0.4) is 0 Å². The summed E-state index contributed by atoms with van der Waals surface area (Å²) in [6, 6.07) is 0. The van der Waals surface area contributed by atoms with E-state index in [1.165, 1.54) is 19.3 Å². The quantitative estimate of drug-likeness (QED) is 0.342. The van der Waals surface area contributed by atoms with Crippen LogP contribution < -0.4 is 0 Å². The molecule has 0 radical (unpaired) electrons. The standard InChI is InChI=1S/C21H34O5/c1-2-3-4-5-6-7-11-18-16(15-22)13-20(24)19(18)12-9-8-10-17(23)14-21(25)26/h7-9,11,16-19,22-23H,2-6,10,12-15H2,1H3,(H,25,26)/b9-8-,11-7+/t16-,17?,18-,19+/m0/s1. The van der Waals surface area contributed by atoms with Crippen LogP contribution in [-0.2, 0) is 9.59 Å². The maximum absolute atomic E-state index is 12.3. The highest BCUT2D eigenvalue weighted by molar-refractivity contribution is 5.84. The Labute approximate surface area is 156 Å². The molecule has 1 rings (SSSR count). The Morgan fingerprint density at radius 1 is 1.23 bits per heavy atom. The molecular weight excluding hydrogens is 332 g/mol. The normalized spacial score (nSPS) is 24.7. The van der Waals surface area contributed by atoms with Crippen molar-refractivity contribution < 1.29 is 24.9 Å². The van der Waals surface area contributed by atoms with Crippen molar-refractivity contribution in [2.24, 2.45) is 17.8 Å². The number of carbonyl (C=O) groups excluding carboxylic acids is 1. The van der Waals surface area contributed by atoms with E-state index in [1.54, 1.807) is 6.08 Å². The summed E-state index contributed by atoms with van der Waals surface area (Å²) in [4.78, 5) is 22.8. The lowest BCUT2D eigenvalue weighted by Gasteiger charge is -2.18. The second-order valence-electron chi connectivity index (χ2n) is 7.27. The molecule has 0 bridgehead atoms. The van der Waals surface area contributed by atoms with Crippen molar-refractivity contribution in [3.63, 3.8) is 0 Å². The molecule has 3 N–H and O–H groups in total. The predicted molar refractivity (Wildman–Crippen MR) is 102 cm³/mol. The topological polar surface area (TPSA) is 94.8 Å². The average Bonchev–Trinajstić information content (AvgIpc) is 2.89. The first kappa shape index (κ1) is 22.6. The first-order chi connectivity index (χ1) is 12.5. The van der Waals surface area contributed by atoms with Gasteiger partial charge in [-0.2, -0.15) is 0 Å². The molecule has 1 unspecified atom stereocenters. The van der Waals surface area contributed by atoms with Crippen LogP contribution in [0.1, 0.15) is 64.7 Å². The molecule has 148 valence electrons. The van der Waals surface area contributed by atoms with Gasteiger partial charge in [0, 0.05) is 18.9 Å². The summed E-state index contributed by atoms with van der Waals surface area (Å²) < 4.78 is 0. The fourth-order valence-corrected chi connectivity index (χ4v) is 3.58. The Kier molecular flexibility index (Phi) is 11.1. The molecular formula is C21H34O5. The van der Waals surface area contributed by atoms with Gasteiger partial charge >= 0.3 is 5.97 Å². The van der Waals surface area contributed by atoms with Gasteiger partial charge in [0.25, 0.3) is 0 Å². The summed E-state index contributed by atoms with van der Waals surface area (Å²) in [6.45, 7) is 2.21. The minimum Gasteiger partial charge on any atom is -0.481 e. The van der Waals surface area contributed by atoms with Crippen LogP contribution >= 0.6 is 0 Å². The number of ketones is 1. The van der Waals surface area contributed by atoms with E-state index in [9.17, 15) is 19.8 Å². The average molecular weight is 366 g/mol. The maximum Gasteiger partial charge on any atom is 0.305 e. The SMILES string of the molecule is CCCCCC/C=C/[C@H]1[C@H](CO)CC(=O)[C@@H]1C/C=C\CC(O)CC(=O)O. The summed E-state index contributed by atoms with van der Waals surface area (Å²) in [7, 11) is 0. The fraction of sp³-hybridized carbons (Fsp3) is 0.714. The van der Waals surface area contributed by atoms with Gasteiger partial charge in [0.15, 0.2) is 0 Å². The van der Waals surface area contributed by atoms with Crippen molar-refractivity contribution >= 4 is 11.8 Å². The van der Waals surface area contributed by atoms with Crippen molar-refractivity contribution in [1.82, 2.24) is 0 Å². The van der Waals surface area contributed by atoms with Gasteiger partial charge in [-0.05, 0) is 37.5 Å². The molecule has 0 aliphatic heterocycles. The van der Waals surface area contributed by atoms with Crippen LogP contribution in [0, 0.1) is 17.8 Å². The van der Waals surface area contributed by atoms with Gasteiger partial charge in [-0.15, -0.1) is 0 Å². The molecule has 1 saturated carbocycles. The number of aliphatic hydroxyl groups excluding tert-OH is 2. The zero-order chi connectivity index (χ0) is 19.4. The number of Topliss-reactive ketones (excluding diaryl/α,β-unsaturated/α-hetero) is 1. The molecule has 4 atom stereocenters. The lowest BCUT2D eigenvalue weighted by atomic mass is 9.86. The molecule has 1 aliphatic carbocycles. The molecule has 0 aromatic heterocycles. The molecule has 5 heteroatoms. The number of aliphatic carboxylic acids is 1. The van der Waals surface area contributed by atoms with Crippen LogP contribution in [0.2, 0.25) is 0 Å². The van der Waals surface area contributed by atoms with Crippen molar-refractivity contribution in [1.29, 1.82) is 0 Å². The second kappa shape index (κ2) is 12.8. The number of hydrogen-bond donors (Lipinski definition) is 3. The van der Waals surface area contributed by atoms with E-state index in [0.29, 0.717) is 12.8 Å². The zero-order valence-electron chi connectivity index (χ0n) is 15.8. The molecule has 0 aromatic rings. The summed E-state index contributed by atoms with van der Waals surface area (Å²) in [5, 5.41) is 27.8. The number of hydrogen-bond acceptors (Lipinski definition) is 4. The molecule has 0 saturated heterocycles. The number of carboxylic acids is 1. The monoisotopic (exact) mass is 366 g/mol. The third-order valence-corrected chi connectivity index (χ3v) is 5.08. The van der Waals surface area contributed by atoms with Crippen molar-refractivity contribution in [2.75, 3.05) is 6.61 Å². The number of rotatable bonds is 13. The number of carboxylic acid groups (broad SMARTS) is 1. The lowest BCUT2D eigenvalue weighted by molar-refractivity contribution is -0.139. The Morgan fingerprint density at radius 2 is 2.00 bits per heavy atom. The third kappa shape index (κ3) is 8.28. The van der Waals surface area contributed by atoms with Crippen LogP contribution in [-0.4, -0.2) is 39.8 Å². The first-order valence-electron chi connectivity index (χ1n) is 9.84. The van der Waals surface area contributed by atoms with Gasteiger partial charge < -0.3 is 15.3 Å². The summed E-state index contributed by atoms with van der Waals surface area (Å²) in [5.41, 5.74) is 0. The number of allylic oxidation sites excluding steroid dienone is 3. The van der Waals surface area contributed by atoms with Crippen LogP contribution in [0.15, 0.2) is 24.3 Å². The van der Waals surface area contributed by atoms with E-state index in [1.807, 2.05) is 6.08 Å². The van der Waals surface area contributed by atoms with Crippen molar-refractivity contribution in [3.8, 4) is 0 Å². The highest BCUT2D eigenvalue weighted by Gasteiger charge is 2.39. The van der Waals surface area contributed by atoms with Gasteiger partial charge in [-0.1, -0.05) is 50.5 Å². The van der Waals surface area contributed by atoms with Crippen LogP contribution in [0.4, 0.5) is 0 Å². The predicted octanol–water partition coefficient (Wildman–Crippen LogP) is 3.50. The van der Waals surface area contributed by atoms with Crippen molar-refractivity contribution in [2.45, 2.75) is 70.8 Å². The Balaban J connectivity index is 2.52. The molecule has 26 heavy (non-hydrogen) atoms. The van der Waals surface area contributed by atoms with E-state index in [0.717, 1.165) is 12.8 Å². The molecule has 0 heterocycles. The summed E-state index contributed by atoms with van der Waals surface area (Å²) in [5.74, 6) is -0.920. The van der Waals surface area contributed by atoms with E-state index < -0.39 is 12.1 Å². The number of aliphatic hydroxyl groups is 2. The molecule has 0 amide bonds. The largest absolute Gasteiger partial charge is 0.481 e. The molecule has 1 fully saturated rings. The highest BCUT2D eigenvalue weighted by Crippen LogP contribution is 2.37. The Bertz CT molecular complexity index is 483. The third-order valence-electron chi connectivity index (χ3n) is 5.08. The minimum atomic E-state index is -1.02. The van der Waals surface area contributed by atoms with Gasteiger partial charge in [-0.3, -0.25) is 9.59 Å². The summed E-state index contributed by atoms with van der Waals surface area (Å²) >= 11 is 0. The Hall–Kier alpha value is -1.46. The van der Waals surface area contributed by atoms with Gasteiger partial charge in [-0.25, -0.2) is 0 Å².